The minimum absolute atomic E-state index is 0.0135. The Bertz CT molecular complexity index is 1010. The van der Waals surface area contributed by atoms with E-state index in [-0.39, 0.29) is 11.4 Å². The van der Waals surface area contributed by atoms with E-state index >= 15 is 0 Å². The van der Waals surface area contributed by atoms with Gasteiger partial charge in [-0.25, -0.2) is 8.42 Å². The number of benzene rings is 1. The molecule has 0 bridgehead atoms. The van der Waals surface area contributed by atoms with Crippen LogP contribution in [0.5, 0.6) is 0 Å². The predicted octanol–water partition coefficient (Wildman–Crippen LogP) is 2.71. The first-order valence-electron chi connectivity index (χ1n) is 9.13. The maximum Gasteiger partial charge on any atom is 0.251 e. The lowest BCUT2D eigenvalue weighted by Gasteiger charge is -2.20. The van der Waals surface area contributed by atoms with Gasteiger partial charge in [-0.15, -0.1) is 0 Å². The number of aromatic nitrogens is 1. The molecule has 0 radical (unpaired) electrons. The van der Waals surface area contributed by atoms with E-state index in [4.69, 9.17) is 11.6 Å². The molecule has 1 aliphatic rings. The Hall–Kier alpha value is -2.16. The number of hydrogen-bond acceptors (Lipinski definition) is 4. The van der Waals surface area contributed by atoms with Crippen molar-refractivity contribution in [2.75, 3.05) is 18.4 Å². The van der Waals surface area contributed by atoms with Crippen LogP contribution >= 0.6 is 11.6 Å². The van der Waals surface area contributed by atoms with Crippen molar-refractivity contribution in [1.29, 1.82) is 0 Å². The number of nitrogens with zero attached hydrogens (tertiary/aromatic N) is 2. The maximum atomic E-state index is 12.9. The van der Waals surface area contributed by atoms with E-state index in [1.54, 1.807) is 24.3 Å². The van der Waals surface area contributed by atoms with Crippen LogP contribution < -0.4 is 10.9 Å². The zero-order valence-corrected chi connectivity index (χ0v) is 16.9. The van der Waals surface area contributed by atoms with E-state index in [1.165, 1.54) is 22.6 Å². The minimum Gasteiger partial charge on any atom is -0.323 e. The number of amides is 1. The van der Waals surface area contributed by atoms with Gasteiger partial charge >= 0.3 is 0 Å². The lowest BCUT2D eigenvalue weighted by Crippen LogP contribution is -2.33. The highest BCUT2D eigenvalue weighted by molar-refractivity contribution is 7.89. The van der Waals surface area contributed by atoms with E-state index in [0.29, 0.717) is 23.8 Å². The number of hydrogen-bond donors (Lipinski definition) is 1. The van der Waals surface area contributed by atoms with E-state index in [1.807, 2.05) is 0 Å². The molecule has 1 aromatic heterocycles. The van der Waals surface area contributed by atoms with Gasteiger partial charge in [0, 0.05) is 25.4 Å². The van der Waals surface area contributed by atoms with Gasteiger partial charge in [0.25, 0.3) is 5.56 Å². The zero-order valence-electron chi connectivity index (χ0n) is 15.3. The minimum atomic E-state index is -3.71. The summed E-state index contributed by atoms with van der Waals surface area (Å²) in [7, 11) is -3.71. The van der Waals surface area contributed by atoms with Crippen LogP contribution in [-0.2, 0) is 21.4 Å². The SMILES string of the molecule is O=C(Cn1cc(S(=O)(=O)N2CCCCCC2)ccc1=O)Nc1ccccc1Cl. The standard InChI is InChI=1S/C19H22ClN3O4S/c20-16-7-3-4-8-17(16)21-18(24)14-22-13-15(9-10-19(22)25)28(26,27)23-11-5-1-2-6-12-23/h3-4,7-10,13H,1-2,5-6,11-12,14H2,(H,21,24). The largest absolute Gasteiger partial charge is 0.323 e. The van der Waals surface area contributed by atoms with Crippen LogP contribution in [0.25, 0.3) is 0 Å². The quantitative estimate of drug-likeness (QED) is 0.800. The highest BCUT2D eigenvalue weighted by Gasteiger charge is 2.26. The number of anilines is 1. The molecule has 0 unspecified atom stereocenters. The molecular weight excluding hydrogens is 402 g/mol. The Kier molecular flexibility index (Phi) is 6.53. The lowest BCUT2D eigenvalue weighted by atomic mass is 10.2. The molecule has 1 N–H and O–H groups in total. The number of carbonyl (C=O) groups excluding carboxylic acids is 1. The van der Waals surface area contributed by atoms with Gasteiger partial charge in [0.05, 0.1) is 15.6 Å². The Morgan fingerprint density at radius 3 is 2.39 bits per heavy atom. The number of sulfonamides is 1. The molecule has 0 aliphatic carbocycles. The molecule has 1 aromatic carbocycles. The molecule has 2 heterocycles. The molecular formula is C19H22ClN3O4S. The number of rotatable bonds is 5. The monoisotopic (exact) mass is 423 g/mol. The molecule has 1 aliphatic heterocycles. The van der Waals surface area contributed by atoms with Crippen molar-refractivity contribution in [3.05, 3.63) is 58.0 Å². The van der Waals surface area contributed by atoms with Crippen LogP contribution in [0.3, 0.4) is 0 Å². The van der Waals surface area contributed by atoms with Gasteiger partial charge < -0.3 is 9.88 Å². The first-order valence-corrected chi connectivity index (χ1v) is 10.9. The molecule has 1 fully saturated rings. The summed E-state index contributed by atoms with van der Waals surface area (Å²) >= 11 is 6.02. The summed E-state index contributed by atoms with van der Waals surface area (Å²) in [5, 5.41) is 3.00. The summed E-state index contributed by atoms with van der Waals surface area (Å²) in [5.74, 6) is -0.473. The molecule has 7 nitrogen and oxygen atoms in total. The van der Waals surface area contributed by atoms with Crippen molar-refractivity contribution >= 4 is 33.2 Å². The number of para-hydroxylation sites is 1. The molecule has 9 heteroatoms. The van der Waals surface area contributed by atoms with Gasteiger partial charge in [0.1, 0.15) is 6.54 Å². The van der Waals surface area contributed by atoms with Gasteiger partial charge in [0.15, 0.2) is 0 Å². The molecule has 0 saturated carbocycles. The summed E-state index contributed by atoms with van der Waals surface area (Å²) in [6.07, 6.45) is 4.88. The van der Waals surface area contributed by atoms with Gasteiger partial charge in [-0.3, -0.25) is 9.59 Å². The number of nitrogens with one attached hydrogen (secondary N) is 1. The second kappa shape index (κ2) is 8.89. The number of pyridine rings is 1. The Balaban J connectivity index is 1.80. The van der Waals surface area contributed by atoms with Crippen molar-refractivity contribution in [2.45, 2.75) is 37.1 Å². The zero-order chi connectivity index (χ0) is 20.1. The van der Waals surface area contributed by atoms with Crippen LogP contribution in [-0.4, -0.2) is 36.3 Å². The molecule has 2 aromatic rings. The number of carbonyl (C=O) groups is 1. The average Bonchev–Trinajstić information content (AvgIpc) is 2.95. The van der Waals surface area contributed by atoms with E-state index in [9.17, 15) is 18.0 Å². The first-order chi connectivity index (χ1) is 13.4. The highest BCUT2D eigenvalue weighted by atomic mass is 35.5. The van der Waals surface area contributed by atoms with Crippen LogP contribution in [0, 0.1) is 0 Å². The van der Waals surface area contributed by atoms with Crippen molar-refractivity contribution < 1.29 is 13.2 Å². The normalized spacial score (nSPS) is 15.8. The average molecular weight is 424 g/mol. The third-order valence-electron chi connectivity index (χ3n) is 4.62. The van der Waals surface area contributed by atoms with Gasteiger partial charge in [-0.1, -0.05) is 36.6 Å². The molecule has 3 rings (SSSR count). The summed E-state index contributed by atoms with van der Waals surface area (Å²) in [6, 6.07) is 9.21. The van der Waals surface area contributed by atoms with Crippen LogP contribution in [0.4, 0.5) is 5.69 Å². The smallest absolute Gasteiger partial charge is 0.251 e. The summed E-state index contributed by atoms with van der Waals surface area (Å²) in [6.45, 7) is 0.621. The van der Waals surface area contributed by atoms with Crippen molar-refractivity contribution in [1.82, 2.24) is 8.87 Å². The van der Waals surface area contributed by atoms with E-state index < -0.39 is 21.5 Å². The Morgan fingerprint density at radius 2 is 1.71 bits per heavy atom. The van der Waals surface area contributed by atoms with Crippen molar-refractivity contribution in [3.63, 3.8) is 0 Å². The molecule has 1 amide bonds. The molecule has 0 atom stereocenters. The third-order valence-corrected chi connectivity index (χ3v) is 6.83. The first kappa shape index (κ1) is 20.6. The second-order valence-electron chi connectivity index (χ2n) is 6.68. The summed E-state index contributed by atoms with van der Waals surface area (Å²) in [5.41, 5.74) is -0.0281. The third kappa shape index (κ3) is 4.81. The lowest BCUT2D eigenvalue weighted by molar-refractivity contribution is -0.116. The Labute approximate surface area is 169 Å². The van der Waals surface area contributed by atoms with Crippen LogP contribution in [0.2, 0.25) is 5.02 Å². The number of halogens is 1. The van der Waals surface area contributed by atoms with Gasteiger partial charge in [-0.2, -0.15) is 4.31 Å². The maximum absolute atomic E-state index is 12.9. The van der Waals surface area contributed by atoms with Gasteiger partial charge in [-0.05, 0) is 31.0 Å². The topological polar surface area (TPSA) is 88.5 Å². The van der Waals surface area contributed by atoms with E-state index in [2.05, 4.69) is 5.32 Å². The fourth-order valence-electron chi connectivity index (χ4n) is 3.12. The fourth-order valence-corrected chi connectivity index (χ4v) is 4.84. The van der Waals surface area contributed by atoms with Crippen molar-refractivity contribution in [2.24, 2.45) is 0 Å². The summed E-state index contributed by atoms with van der Waals surface area (Å²) < 4.78 is 28.4. The van der Waals surface area contributed by atoms with Crippen molar-refractivity contribution in [3.8, 4) is 0 Å². The van der Waals surface area contributed by atoms with Crippen LogP contribution in [0.1, 0.15) is 25.7 Å². The van der Waals surface area contributed by atoms with Crippen LogP contribution in [0.15, 0.2) is 52.3 Å². The molecule has 0 spiro atoms. The molecule has 150 valence electrons. The second-order valence-corrected chi connectivity index (χ2v) is 9.02. The Morgan fingerprint density at radius 1 is 1.04 bits per heavy atom. The van der Waals surface area contributed by atoms with E-state index in [0.717, 1.165) is 30.3 Å². The fraction of sp³-hybridized carbons (Fsp3) is 0.368. The van der Waals surface area contributed by atoms with Gasteiger partial charge in [0.2, 0.25) is 15.9 Å². The summed E-state index contributed by atoms with van der Waals surface area (Å²) in [4.78, 5) is 24.5. The highest BCUT2D eigenvalue weighted by Crippen LogP contribution is 2.21. The molecule has 1 saturated heterocycles. The molecule has 28 heavy (non-hydrogen) atoms. The predicted molar refractivity (Wildman–Crippen MR) is 108 cm³/mol.